The van der Waals surface area contributed by atoms with E-state index in [0.29, 0.717) is 25.9 Å². The number of hydrogen-bond acceptors (Lipinski definition) is 5. The van der Waals surface area contributed by atoms with Gasteiger partial charge in [-0.25, -0.2) is 0 Å². The SMILES string of the molecule is CN[C@@H](C)C(=O)N[C@H]1CCO[C@H]2CC[C@@H](C(N)=O)N2C1=O. The van der Waals surface area contributed by atoms with E-state index in [-0.39, 0.29) is 11.8 Å². The average molecular weight is 298 g/mol. The first-order valence-corrected chi connectivity index (χ1v) is 7.16. The van der Waals surface area contributed by atoms with E-state index in [0.717, 1.165) is 0 Å². The van der Waals surface area contributed by atoms with E-state index in [9.17, 15) is 14.4 Å². The third kappa shape index (κ3) is 3.16. The summed E-state index contributed by atoms with van der Waals surface area (Å²) in [5.74, 6) is -1.09. The van der Waals surface area contributed by atoms with Crippen molar-refractivity contribution in [3.63, 3.8) is 0 Å². The molecule has 0 spiro atoms. The number of nitrogens with two attached hydrogens (primary N) is 1. The summed E-state index contributed by atoms with van der Waals surface area (Å²) in [6.07, 6.45) is 1.06. The number of hydrogen-bond donors (Lipinski definition) is 3. The summed E-state index contributed by atoms with van der Waals surface area (Å²) in [7, 11) is 1.67. The van der Waals surface area contributed by atoms with Crippen LogP contribution in [-0.4, -0.2) is 60.6 Å². The average Bonchev–Trinajstić information content (AvgIpc) is 2.82. The van der Waals surface area contributed by atoms with E-state index >= 15 is 0 Å². The molecule has 8 heteroatoms. The van der Waals surface area contributed by atoms with E-state index in [2.05, 4.69) is 10.6 Å². The van der Waals surface area contributed by atoms with Crippen molar-refractivity contribution >= 4 is 17.7 Å². The Hall–Kier alpha value is -1.67. The normalized spacial score (nSPS) is 30.5. The van der Waals surface area contributed by atoms with E-state index in [1.807, 2.05) is 0 Å². The van der Waals surface area contributed by atoms with Gasteiger partial charge in [0.15, 0.2) is 0 Å². The second kappa shape index (κ2) is 6.40. The van der Waals surface area contributed by atoms with Crippen LogP contribution in [-0.2, 0) is 19.1 Å². The van der Waals surface area contributed by atoms with Crippen LogP contribution in [0, 0.1) is 0 Å². The highest BCUT2D eigenvalue weighted by molar-refractivity contribution is 5.93. The molecule has 2 fully saturated rings. The van der Waals surface area contributed by atoms with Crippen LogP contribution in [0.4, 0.5) is 0 Å². The van der Waals surface area contributed by atoms with Gasteiger partial charge in [0, 0.05) is 6.42 Å². The molecule has 0 unspecified atom stereocenters. The molecule has 118 valence electrons. The molecule has 0 radical (unpaired) electrons. The Morgan fingerprint density at radius 2 is 2.10 bits per heavy atom. The Labute approximate surface area is 123 Å². The lowest BCUT2D eigenvalue weighted by atomic mass is 10.1. The van der Waals surface area contributed by atoms with Crippen molar-refractivity contribution in [2.75, 3.05) is 13.7 Å². The predicted octanol–water partition coefficient (Wildman–Crippen LogP) is -1.70. The molecule has 2 aliphatic rings. The molecule has 8 nitrogen and oxygen atoms in total. The molecule has 0 bridgehead atoms. The molecule has 0 aromatic rings. The minimum atomic E-state index is -0.682. The van der Waals surface area contributed by atoms with Crippen molar-refractivity contribution in [2.45, 2.75) is 50.5 Å². The summed E-state index contributed by atoms with van der Waals surface area (Å²) in [4.78, 5) is 37.4. The number of primary amides is 1. The maximum absolute atomic E-state index is 12.6. The number of fused-ring (bicyclic) bond motifs is 1. The number of ether oxygens (including phenoxy) is 1. The fraction of sp³-hybridized carbons (Fsp3) is 0.769. The Kier molecular flexibility index (Phi) is 4.79. The van der Waals surface area contributed by atoms with Crippen LogP contribution in [0.2, 0.25) is 0 Å². The Morgan fingerprint density at radius 3 is 2.71 bits per heavy atom. The summed E-state index contributed by atoms with van der Waals surface area (Å²) in [5, 5.41) is 5.52. The van der Waals surface area contributed by atoms with Crippen molar-refractivity contribution in [2.24, 2.45) is 5.73 Å². The molecular weight excluding hydrogens is 276 g/mol. The summed E-state index contributed by atoms with van der Waals surface area (Å²) < 4.78 is 5.61. The maximum atomic E-state index is 12.6. The minimum absolute atomic E-state index is 0.260. The first-order valence-electron chi connectivity index (χ1n) is 7.16. The predicted molar refractivity (Wildman–Crippen MR) is 73.9 cm³/mol. The standard InChI is InChI=1S/C13H22N4O4/c1-7(15-2)12(19)16-8-5-6-21-10-4-3-9(11(14)18)17(10)13(8)20/h7-10,15H,3-6H2,1-2H3,(H2,14,18)(H,16,19)/t7-,8-,9-,10-/m0/s1. The van der Waals surface area contributed by atoms with Gasteiger partial charge in [0.05, 0.1) is 12.6 Å². The lowest BCUT2D eigenvalue weighted by Crippen LogP contribution is -2.55. The summed E-state index contributed by atoms with van der Waals surface area (Å²) in [6.45, 7) is 2.06. The number of nitrogens with zero attached hydrogens (tertiary/aromatic N) is 1. The van der Waals surface area contributed by atoms with Gasteiger partial charge in [0.2, 0.25) is 17.7 Å². The van der Waals surface area contributed by atoms with Gasteiger partial charge in [0.1, 0.15) is 18.3 Å². The van der Waals surface area contributed by atoms with Crippen molar-refractivity contribution in [3.05, 3.63) is 0 Å². The van der Waals surface area contributed by atoms with Crippen LogP contribution in [0.15, 0.2) is 0 Å². The highest BCUT2D eigenvalue weighted by atomic mass is 16.5. The molecule has 0 aliphatic carbocycles. The second-order valence-electron chi connectivity index (χ2n) is 5.43. The van der Waals surface area contributed by atoms with E-state index in [1.54, 1.807) is 14.0 Å². The molecule has 2 saturated heterocycles. The van der Waals surface area contributed by atoms with Gasteiger partial charge in [-0.1, -0.05) is 0 Å². The van der Waals surface area contributed by atoms with Crippen molar-refractivity contribution in [1.82, 2.24) is 15.5 Å². The minimum Gasteiger partial charge on any atom is -0.368 e. The Morgan fingerprint density at radius 1 is 1.38 bits per heavy atom. The third-order valence-electron chi connectivity index (χ3n) is 4.07. The molecule has 0 aromatic heterocycles. The van der Waals surface area contributed by atoms with Gasteiger partial charge in [-0.15, -0.1) is 0 Å². The smallest absolute Gasteiger partial charge is 0.247 e. The molecule has 2 heterocycles. The van der Waals surface area contributed by atoms with Crippen molar-refractivity contribution < 1.29 is 19.1 Å². The van der Waals surface area contributed by atoms with E-state index < -0.39 is 30.3 Å². The number of nitrogens with one attached hydrogen (secondary N) is 2. The number of carbonyl (C=O) groups is 3. The van der Waals surface area contributed by atoms with Crippen molar-refractivity contribution in [3.8, 4) is 0 Å². The van der Waals surface area contributed by atoms with Gasteiger partial charge < -0.3 is 26.0 Å². The number of rotatable bonds is 4. The van der Waals surface area contributed by atoms with Gasteiger partial charge in [-0.3, -0.25) is 14.4 Å². The fourth-order valence-corrected chi connectivity index (χ4v) is 2.70. The zero-order chi connectivity index (χ0) is 15.6. The molecular formula is C13H22N4O4. The first kappa shape index (κ1) is 15.7. The zero-order valence-electron chi connectivity index (χ0n) is 12.3. The van der Waals surface area contributed by atoms with Crippen LogP contribution < -0.4 is 16.4 Å². The lowest BCUT2D eigenvalue weighted by Gasteiger charge is -2.29. The molecule has 3 amide bonds. The fourth-order valence-electron chi connectivity index (χ4n) is 2.70. The number of likely N-dealkylation sites (N-methyl/N-ethyl adjacent to an activating group) is 1. The van der Waals surface area contributed by atoms with Crippen molar-refractivity contribution in [1.29, 1.82) is 0 Å². The van der Waals surface area contributed by atoms with E-state index in [1.165, 1.54) is 4.90 Å². The van der Waals surface area contributed by atoms with Gasteiger partial charge in [-0.2, -0.15) is 0 Å². The summed E-state index contributed by atoms with van der Waals surface area (Å²) >= 11 is 0. The Bertz CT molecular complexity index is 442. The maximum Gasteiger partial charge on any atom is 0.247 e. The Balaban J connectivity index is 2.12. The largest absolute Gasteiger partial charge is 0.368 e. The van der Waals surface area contributed by atoms with Crippen LogP contribution in [0.1, 0.15) is 26.2 Å². The highest BCUT2D eigenvalue weighted by Gasteiger charge is 2.45. The topological polar surface area (TPSA) is 114 Å². The molecule has 2 rings (SSSR count). The van der Waals surface area contributed by atoms with E-state index in [4.69, 9.17) is 10.5 Å². The molecule has 4 atom stereocenters. The number of carbonyl (C=O) groups excluding carboxylic acids is 3. The zero-order valence-corrected chi connectivity index (χ0v) is 12.3. The van der Waals surface area contributed by atoms with Crippen LogP contribution >= 0.6 is 0 Å². The molecule has 0 aromatic carbocycles. The second-order valence-corrected chi connectivity index (χ2v) is 5.43. The quantitative estimate of drug-likeness (QED) is 0.572. The van der Waals surface area contributed by atoms with Crippen LogP contribution in [0.5, 0.6) is 0 Å². The van der Waals surface area contributed by atoms with Gasteiger partial charge in [-0.05, 0) is 26.8 Å². The third-order valence-corrected chi connectivity index (χ3v) is 4.07. The highest BCUT2D eigenvalue weighted by Crippen LogP contribution is 2.28. The number of amides is 3. The summed E-state index contributed by atoms with van der Waals surface area (Å²) in [5.41, 5.74) is 5.35. The van der Waals surface area contributed by atoms with Crippen LogP contribution in [0.25, 0.3) is 0 Å². The molecule has 21 heavy (non-hydrogen) atoms. The van der Waals surface area contributed by atoms with Gasteiger partial charge >= 0.3 is 0 Å². The lowest BCUT2D eigenvalue weighted by molar-refractivity contribution is -0.148. The van der Waals surface area contributed by atoms with Gasteiger partial charge in [0.25, 0.3) is 0 Å². The summed E-state index contributed by atoms with van der Waals surface area (Å²) in [6, 6.07) is -1.73. The molecule has 4 N–H and O–H groups in total. The first-order chi connectivity index (χ1) is 9.95. The van der Waals surface area contributed by atoms with Crippen LogP contribution in [0.3, 0.4) is 0 Å². The molecule has 0 saturated carbocycles. The monoisotopic (exact) mass is 298 g/mol. The molecule has 2 aliphatic heterocycles.